The Morgan fingerprint density at radius 2 is 1.81 bits per heavy atom. The molecule has 1 fully saturated rings. The highest BCUT2D eigenvalue weighted by atomic mass is 35.5. The number of carbonyl (C=O) groups excluding carboxylic acids is 1. The van der Waals surface area contributed by atoms with Crippen molar-refractivity contribution in [3.05, 3.63) is 77.5 Å². The van der Waals surface area contributed by atoms with Crippen LogP contribution >= 0.6 is 11.6 Å². The minimum absolute atomic E-state index is 0.0645. The van der Waals surface area contributed by atoms with Gasteiger partial charge in [0.15, 0.2) is 0 Å². The zero-order chi connectivity index (χ0) is 18.6. The maximum Gasteiger partial charge on any atom is 0.253 e. The minimum Gasteiger partial charge on any atom is -0.339 e. The fourth-order valence-corrected chi connectivity index (χ4v) is 3.61. The van der Waals surface area contributed by atoms with E-state index in [9.17, 15) is 4.79 Å². The van der Waals surface area contributed by atoms with Crippen LogP contribution in [-0.2, 0) is 0 Å². The van der Waals surface area contributed by atoms with Crippen LogP contribution in [0.3, 0.4) is 0 Å². The van der Waals surface area contributed by atoms with Crippen LogP contribution in [0.4, 0.5) is 0 Å². The highest BCUT2D eigenvalue weighted by molar-refractivity contribution is 6.30. The number of halogens is 1. The Labute approximate surface area is 163 Å². The Balaban J connectivity index is 1.46. The van der Waals surface area contributed by atoms with E-state index < -0.39 is 0 Å². The number of amides is 1. The van der Waals surface area contributed by atoms with Crippen molar-refractivity contribution in [2.45, 2.75) is 18.8 Å². The number of rotatable bonds is 3. The highest BCUT2D eigenvalue weighted by Gasteiger charge is 2.25. The third-order valence-corrected chi connectivity index (χ3v) is 5.14. The molecule has 1 aliphatic heterocycles. The van der Waals surface area contributed by atoms with Crippen LogP contribution in [0.2, 0.25) is 5.02 Å². The number of nitrogens with zero attached hydrogens (tertiary/aromatic N) is 4. The van der Waals surface area contributed by atoms with Crippen LogP contribution in [0.5, 0.6) is 0 Å². The lowest BCUT2D eigenvalue weighted by Crippen LogP contribution is -2.38. The molecule has 0 N–H and O–H groups in total. The average Bonchev–Trinajstić information content (AvgIpc) is 2.74. The molecule has 3 aromatic rings. The van der Waals surface area contributed by atoms with E-state index in [4.69, 9.17) is 16.6 Å². The van der Waals surface area contributed by atoms with Gasteiger partial charge in [-0.25, -0.2) is 4.98 Å². The zero-order valence-electron chi connectivity index (χ0n) is 14.8. The van der Waals surface area contributed by atoms with Crippen molar-refractivity contribution in [2.24, 2.45) is 0 Å². The first kappa shape index (κ1) is 17.6. The van der Waals surface area contributed by atoms with Crippen molar-refractivity contribution in [1.82, 2.24) is 19.9 Å². The van der Waals surface area contributed by atoms with Crippen LogP contribution in [0.25, 0.3) is 11.3 Å². The molecule has 136 valence electrons. The Kier molecular flexibility index (Phi) is 5.12. The topological polar surface area (TPSA) is 59.0 Å². The predicted octanol–water partition coefficient (Wildman–Crippen LogP) is 4.21. The van der Waals surface area contributed by atoms with Gasteiger partial charge in [0.1, 0.15) is 0 Å². The maximum atomic E-state index is 12.6. The third-order valence-electron chi connectivity index (χ3n) is 4.90. The number of piperidine rings is 1. The Morgan fingerprint density at radius 1 is 1.04 bits per heavy atom. The molecule has 1 aliphatic rings. The summed E-state index contributed by atoms with van der Waals surface area (Å²) in [4.78, 5) is 27.6. The number of hydrogen-bond acceptors (Lipinski definition) is 4. The summed E-state index contributed by atoms with van der Waals surface area (Å²) < 4.78 is 0. The SMILES string of the molecule is O=C(c1ccncc1)N1CCC(c2cncc(-c3cccc(Cl)c3)n2)CC1. The van der Waals surface area contributed by atoms with E-state index in [0.717, 1.165) is 42.9 Å². The first-order valence-electron chi connectivity index (χ1n) is 8.98. The second-order valence-corrected chi connectivity index (χ2v) is 7.08. The number of carbonyl (C=O) groups is 1. The van der Waals surface area contributed by atoms with E-state index in [1.165, 1.54) is 0 Å². The molecular weight excluding hydrogens is 360 g/mol. The molecule has 0 unspecified atom stereocenters. The summed E-state index contributed by atoms with van der Waals surface area (Å²) in [5, 5.41) is 0.683. The molecule has 4 rings (SSSR count). The summed E-state index contributed by atoms with van der Waals surface area (Å²) in [6.07, 6.45) is 8.65. The van der Waals surface area contributed by atoms with E-state index in [0.29, 0.717) is 16.5 Å². The summed E-state index contributed by atoms with van der Waals surface area (Å²) in [7, 11) is 0. The Hall–Kier alpha value is -2.79. The van der Waals surface area contributed by atoms with E-state index in [2.05, 4.69) is 9.97 Å². The molecule has 2 aromatic heterocycles. The van der Waals surface area contributed by atoms with Gasteiger partial charge in [-0.2, -0.15) is 0 Å². The first-order valence-corrected chi connectivity index (χ1v) is 9.36. The molecular formula is C21H19ClN4O. The van der Waals surface area contributed by atoms with Crippen molar-refractivity contribution < 1.29 is 4.79 Å². The van der Waals surface area contributed by atoms with Crippen molar-refractivity contribution in [3.8, 4) is 11.3 Å². The quantitative estimate of drug-likeness (QED) is 0.685. The van der Waals surface area contributed by atoms with Gasteiger partial charge in [-0.15, -0.1) is 0 Å². The average molecular weight is 379 g/mol. The molecule has 1 saturated heterocycles. The molecule has 0 atom stereocenters. The number of hydrogen-bond donors (Lipinski definition) is 0. The lowest BCUT2D eigenvalue weighted by atomic mass is 9.93. The van der Waals surface area contributed by atoms with E-state index >= 15 is 0 Å². The monoisotopic (exact) mass is 378 g/mol. The molecule has 5 nitrogen and oxygen atoms in total. The lowest BCUT2D eigenvalue weighted by Gasteiger charge is -2.31. The van der Waals surface area contributed by atoms with Crippen LogP contribution in [0, 0.1) is 0 Å². The predicted molar refractivity (Wildman–Crippen MR) is 105 cm³/mol. The van der Waals surface area contributed by atoms with Gasteiger partial charge in [-0.1, -0.05) is 23.7 Å². The van der Waals surface area contributed by atoms with E-state index in [-0.39, 0.29) is 5.91 Å². The number of aromatic nitrogens is 3. The molecule has 0 spiro atoms. The fraction of sp³-hybridized carbons (Fsp3) is 0.238. The van der Waals surface area contributed by atoms with Crippen LogP contribution < -0.4 is 0 Å². The highest BCUT2D eigenvalue weighted by Crippen LogP contribution is 2.29. The fourth-order valence-electron chi connectivity index (χ4n) is 3.42. The van der Waals surface area contributed by atoms with E-state index in [1.807, 2.05) is 35.4 Å². The largest absolute Gasteiger partial charge is 0.339 e. The summed E-state index contributed by atoms with van der Waals surface area (Å²) >= 11 is 6.09. The van der Waals surface area contributed by atoms with Gasteiger partial charge in [0.2, 0.25) is 0 Å². The summed E-state index contributed by atoms with van der Waals surface area (Å²) in [5.41, 5.74) is 3.45. The normalized spacial score (nSPS) is 14.9. The van der Waals surface area contributed by atoms with Crippen molar-refractivity contribution in [2.75, 3.05) is 13.1 Å². The Morgan fingerprint density at radius 3 is 2.56 bits per heavy atom. The van der Waals surface area contributed by atoms with Gasteiger partial charge in [-0.3, -0.25) is 14.8 Å². The standard InChI is InChI=1S/C21H19ClN4O/c22-18-3-1-2-17(12-18)20-14-24-13-19(25-20)15-6-10-26(11-7-15)21(27)16-4-8-23-9-5-16/h1-5,8-9,12-15H,6-7,10-11H2. The molecule has 6 heteroatoms. The minimum atomic E-state index is 0.0645. The van der Waals surface area contributed by atoms with Crippen molar-refractivity contribution >= 4 is 17.5 Å². The second kappa shape index (κ2) is 7.84. The Bertz CT molecular complexity index is 940. The molecule has 0 radical (unpaired) electrons. The van der Waals surface area contributed by atoms with Gasteiger partial charge in [0, 0.05) is 53.7 Å². The maximum absolute atomic E-state index is 12.6. The molecule has 3 heterocycles. The van der Waals surface area contributed by atoms with Gasteiger partial charge in [0.25, 0.3) is 5.91 Å². The van der Waals surface area contributed by atoms with Crippen LogP contribution in [0.15, 0.2) is 61.2 Å². The van der Waals surface area contributed by atoms with E-state index in [1.54, 1.807) is 30.7 Å². The molecule has 27 heavy (non-hydrogen) atoms. The summed E-state index contributed by atoms with van der Waals surface area (Å²) in [5.74, 6) is 0.368. The van der Waals surface area contributed by atoms with Crippen molar-refractivity contribution in [1.29, 1.82) is 0 Å². The van der Waals surface area contributed by atoms with Gasteiger partial charge < -0.3 is 4.90 Å². The third kappa shape index (κ3) is 3.98. The number of benzene rings is 1. The lowest BCUT2D eigenvalue weighted by molar-refractivity contribution is 0.0712. The second-order valence-electron chi connectivity index (χ2n) is 6.64. The number of likely N-dealkylation sites (tertiary alicyclic amines) is 1. The van der Waals surface area contributed by atoms with Crippen molar-refractivity contribution in [3.63, 3.8) is 0 Å². The smallest absolute Gasteiger partial charge is 0.253 e. The number of pyridine rings is 1. The van der Waals surface area contributed by atoms with Crippen LogP contribution in [-0.4, -0.2) is 38.8 Å². The molecule has 1 amide bonds. The van der Waals surface area contributed by atoms with Gasteiger partial charge in [0.05, 0.1) is 17.6 Å². The first-order chi connectivity index (χ1) is 13.2. The molecule has 1 aromatic carbocycles. The zero-order valence-corrected chi connectivity index (χ0v) is 15.5. The van der Waals surface area contributed by atoms with Gasteiger partial charge in [-0.05, 0) is 37.1 Å². The molecule has 0 aliphatic carbocycles. The molecule has 0 saturated carbocycles. The summed E-state index contributed by atoms with van der Waals surface area (Å²) in [6, 6.07) is 11.1. The molecule has 0 bridgehead atoms. The van der Waals surface area contributed by atoms with Gasteiger partial charge >= 0.3 is 0 Å². The summed E-state index contributed by atoms with van der Waals surface area (Å²) in [6.45, 7) is 1.43. The van der Waals surface area contributed by atoms with Crippen LogP contribution in [0.1, 0.15) is 34.8 Å².